The zero-order valence-corrected chi connectivity index (χ0v) is 21.6. The molecule has 4 atom stereocenters. The predicted molar refractivity (Wildman–Crippen MR) is 137 cm³/mol. The molecule has 3 fully saturated rings. The van der Waals surface area contributed by atoms with Crippen LogP contribution >= 0.6 is 0 Å². The van der Waals surface area contributed by atoms with Crippen molar-refractivity contribution in [1.29, 1.82) is 0 Å². The fourth-order valence-electron chi connectivity index (χ4n) is 6.30. The minimum absolute atomic E-state index is 0.0725. The minimum atomic E-state index is -0.327. The second-order valence-electron chi connectivity index (χ2n) is 11.0. The molecular weight excluding hydrogens is 471 g/mol. The second kappa shape index (κ2) is 10.7. The first-order valence-electron chi connectivity index (χ1n) is 13.3. The molecule has 3 heterocycles. The van der Waals surface area contributed by atoms with Crippen LogP contribution < -0.4 is 5.32 Å². The number of carbonyl (C=O) groups is 3. The number of hydrogen-bond donors (Lipinski definition) is 1. The fraction of sp³-hybridized carbons (Fsp3) is 0.517. The number of aryl methyl sites for hydroxylation is 2. The summed E-state index contributed by atoms with van der Waals surface area (Å²) in [6.07, 6.45) is 3.74. The van der Waals surface area contributed by atoms with Crippen LogP contribution in [0.2, 0.25) is 0 Å². The monoisotopic (exact) mass is 506 g/mol. The van der Waals surface area contributed by atoms with Gasteiger partial charge in [-0.25, -0.2) is 4.39 Å². The number of nitrogens with zero attached hydrogens (tertiary/aromatic N) is 3. The molecule has 1 aromatic carbocycles. The summed E-state index contributed by atoms with van der Waals surface area (Å²) in [4.78, 5) is 46.4. The number of pyridine rings is 1. The van der Waals surface area contributed by atoms with Crippen molar-refractivity contribution in [2.45, 2.75) is 45.6 Å². The summed E-state index contributed by atoms with van der Waals surface area (Å²) >= 11 is 0. The molecule has 7 nitrogen and oxygen atoms in total. The molecule has 3 aliphatic rings. The van der Waals surface area contributed by atoms with Crippen LogP contribution in [0.4, 0.5) is 4.39 Å². The Morgan fingerprint density at radius 1 is 1.14 bits per heavy atom. The van der Waals surface area contributed by atoms with E-state index in [-0.39, 0.29) is 35.4 Å². The largest absolute Gasteiger partial charge is 0.349 e. The molecule has 1 saturated carbocycles. The highest BCUT2D eigenvalue weighted by Crippen LogP contribution is 2.33. The number of fused-ring (bicyclic) bond motifs is 1. The maximum Gasteiger partial charge on any atom is 0.255 e. The van der Waals surface area contributed by atoms with Gasteiger partial charge in [0, 0.05) is 57.7 Å². The summed E-state index contributed by atoms with van der Waals surface area (Å²) in [5.74, 6) is 0.322. The van der Waals surface area contributed by atoms with Gasteiger partial charge in [-0.1, -0.05) is 12.1 Å². The zero-order valence-electron chi connectivity index (χ0n) is 21.6. The smallest absolute Gasteiger partial charge is 0.255 e. The van der Waals surface area contributed by atoms with Gasteiger partial charge in [0.1, 0.15) is 11.6 Å². The van der Waals surface area contributed by atoms with Gasteiger partial charge in [-0.2, -0.15) is 0 Å². The Kier molecular flexibility index (Phi) is 7.38. The third-order valence-electron chi connectivity index (χ3n) is 8.33. The summed E-state index contributed by atoms with van der Waals surface area (Å²) < 4.78 is 14.0. The third-order valence-corrected chi connectivity index (χ3v) is 8.33. The molecule has 0 bridgehead atoms. The highest BCUT2D eigenvalue weighted by atomic mass is 19.1. The highest BCUT2D eigenvalue weighted by Gasteiger charge is 2.42. The molecule has 37 heavy (non-hydrogen) atoms. The van der Waals surface area contributed by atoms with E-state index in [4.69, 9.17) is 0 Å². The third kappa shape index (κ3) is 5.59. The number of aromatic nitrogens is 1. The van der Waals surface area contributed by atoms with E-state index in [2.05, 4.69) is 15.2 Å². The number of benzene rings is 1. The van der Waals surface area contributed by atoms with Gasteiger partial charge in [0.25, 0.3) is 5.91 Å². The number of Topliss-reactive ketones (excluding diaryl/α,β-unsaturated/α-hetero) is 1. The molecule has 1 N–H and O–H groups in total. The number of amides is 2. The van der Waals surface area contributed by atoms with Crippen LogP contribution in [0, 0.1) is 37.4 Å². The standard InChI is InChI=1S/C29H35FN4O3/c1-18-8-10-31-19(2)27(18)29(37)34-16-22-14-33(15-23(22)17-34)11-9-26(20-4-3-5-24(30)12-20)32-28(36)21-6-7-25(35)13-21/h3-5,8,10,12,21-23,26H,6-7,9,11,13-17H2,1-2H3,(H,32,36)/t21?,22?,23?,26-/m0/s1. The molecule has 3 unspecified atom stereocenters. The Hall–Kier alpha value is -3.13. The van der Waals surface area contributed by atoms with Crippen molar-refractivity contribution in [2.75, 3.05) is 32.7 Å². The van der Waals surface area contributed by atoms with Gasteiger partial charge < -0.3 is 15.1 Å². The van der Waals surface area contributed by atoms with Crippen molar-refractivity contribution >= 4 is 17.6 Å². The lowest BCUT2D eigenvalue weighted by Crippen LogP contribution is -2.37. The van der Waals surface area contributed by atoms with E-state index < -0.39 is 0 Å². The minimum Gasteiger partial charge on any atom is -0.349 e. The number of likely N-dealkylation sites (tertiary alicyclic amines) is 2. The summed E-state index contributed by atoms with van der Waals surface area (Å²) in [5, 5.41) is 3.10. The van der Waals surface area contributed by atoms with E-state index in [9.17, 15) is 18.8 Å². The topological polar surface area (TPSA) is 82.6 Å². The van der Waals surface area contributed by atoms with Gasteiger partial charge in [0.05, 0.1) is 17.3 Å². The Labute approximate surface area is 217 Å². The Morgan fingerprint density at radius 2 is 1.89 bits per heavy atom. The quantitative estimate of drug-likeness (QED) is 0.622. The average Bonchev–Trinajstić information content (AvgIpc) is 3.56. The molecule has 2 aliphatic heterocycles. The highest BCUT2D eigenvalue weighted by molar-refractivity contribution is 5.96. The van der Waals surface area contributed by atoms with E-state index in [0.29, 0.717) is 37.5 Å². The lowest BCUT2D eigenvalue weighted by molar-refractivity contribution is -0.127. The predicted octanol–water partition coefficient (Wildman–Crippen LogP) is 3.46. The number of rotatable bonds is 7. The first kappa shape index (κ1) is 25.5. The van der Waals surface area contributed by atoms with Crippen molar-refractivity contribution in [3.63, 3.8) is 0 Å². The Morgan fingerprint density at radius 3 is 2.54 bits per heavy atom. The summed E-state index contributed by atoms with van der Waals surface area (Å²) in [7, 11) is 0. The number of hydrogen-bond acceptors (Lipinski definition) is 5. The maximum atomic E-state index is 14.0. The van der Waals surface area contributed by atoms with Gasteiger partial charge in [0.2, 0.25) is 5.91 Å². The van der Waals surface area contributed by atoms with Gasteiger partial charge in [-0.3, -0.25) is 19.4 Å². The van der Waals surface area contributed by atoms with E-state index in [1.54, 1.807) is 12.3 Å². The maximum absolute atomic E-state index is 14.0. The number of nitrogens with one attached hydrogen (secondary N) is 1. The van der Waals surface area contributed by atoms with Crippen molar-refractivity contribution in [3.05, 3.63) is 64.7 Å². The van der Waals surface area contributed by atoms with Gasteiger partial charge in [-0.05, 0) is 67.9 Å². The first-order chi connectivity index (χ1) is 17.8. The van der Waals surface area contributed by atoms with E-state index in [0.717, 1.165) is 55.1 Å². The fourth-order valence-corrected chi connectivity index (χ4v) is 6.30. The number of halogens is 1. The summed E-state index contributed by atoms with van der Waals surface area (Å²) in [6, 6.07) is 7.97. The lowest BCUT2D eigenvalue weighted by Gasteiger charge is -2.26. The number of ketones is 1. The number of carbonyl (C=O) groups excluding carboxylic acids is 3. The van der Waals surface area contributed by atoms with E-state index in [1.807, 2.05) is 30.9 Å². The molecular formula is C29H35FN4O3. The normalized spacial score (nSPS) is 24.4. The van der Waals surface area contributed by atoms with Crippen LogP contribution in [0.5, 0.6) is 0 Å². The molecule has 2 amide bonds. The Bertz CT molecular complexity index is 1170. The molecule has 8 heteroatoms. The van der Waals surface area contributed by atoms with Gasteiger partial charge in [0.15, 0.2) is 0 Å². The van der Waals surface area contributed by atoms with Gasteiger partial charge >= 0.3 is 0 Å². The van der Waals surface area contributed by atoms with Gasteiger partial charge in [-0.15, -0.1) is 0 Å². The molecule has 2 saturated heterocycles. The van der Waals surface area contributed by atoms with E-state index in [1.165, 1.54) is 12.1 Å². The second-order valence-corrected chi connectivity index (χ2v) is 11.0. The lowest BCUT2D eigenvalue weighted by atomic mass is 10.0. The van der Waals surface area contributed by atoms with Crippen molar-refractivity contribution in [1.82, 2.24) is 20.1 Å². The zero-order chi connectivity index (χ0) is 26.1. The van der Waals surface area contributed by atoms with Crippen molar-refractivity contribution < 1.29 is 18.8 Å². The van der Waals surface area contributed by atoms with Crippen LogP contribution in [0.3, 0.4) is 0 Å². The average molecular weight is 507 g/mol. The first-order valence-corrected chi connectivity index (χ1v) is 13.3. The van der Waals surface area contributed by atoms with Crippen LogP contribution in [-0.4, -0.2) is 65.1 Å². The van der Waals surface area contributed by atoms with Crippen LogP contribution in [0.1, 0.15) is 58.9 Å². The summed E-state index contributed by atoms with van der Waals surface area (Å²) in [5.41, 5.74) is 3.20. The summed E-state index contributed by atoms with van der Waals surface area (Å²) in [6.45, 7) is 7.91. The molecule has 5 rings (SSSR count). The van der Waals surface area contributed by atoms with Crippen molar-refractivity contribution in [2.24, 2.45) is 17.8 Å². The molecule has 2 aromatic rings. The molecule has 196 valence electrons. The molecule has 1 aliphatic carbocycles. The SMILES string of the molecule is Cc1ccnc(C)c1C(=O)N1CC2CN(CC[C@H](NC(=O)C3CCC(=O)C3)c3cccc(F)c3)CC2C1. The molecule has 1 aromatic heterocycles. The molecule has 0 radical (unpaired) electrons. The van der Waals surface area contributed by atoms with Crippen molar-refractivity contribution in [3.8, 4) is 0 Å². The van der Waals surface area contributed by atoms with E-state index >= 15 is 0 Å². The van der Waals surface area contributed by atoms with Crippen LogP contribution in [0.25, 0.3) is 0 Å². The Balaban J connectivity index is 1.19. The van der Waals surface area contributed by atoms with Crippen LogP contribution in [-0.2, 0) is 9.59 Å². The van der Waals surface area contributed by atoms with Crippen LogP contribution in [0.15, 0.2) is 36.5 Å². The molecule has 0 spiro atoms.